The van der Waals surface area contributed by atoms with Gasteiger partial charge in [0.15, 0.2) is 0 Å². The van der Waals surface area contributed by atoms with E-state index in [0.29, 0.717) is 12.0 Å². The highest BCUT2D eigenvalue weighted by Gasteiger charge is 2.45. The van der Waals surface area contributed by atoms with E-state index in [1.165, 1.54) is 6.07 Å². The SMILES string of the molecule is N#CC(C#N)=C1c2ccccc2CCC1C(F)(F)F. The molecule has 0 aliphatic heterocycles. The Bertz CT molecular complexity index is 599. The van der Waals surface area contributed by atoms with Crippen LogP contribution in [0.1, 0.15) is 17.5 Å². The van der Waals surface area contributed by atoms with E-state index in [-0.39, 0.29) is 12.0 Å². The Morgan fingerprint density at radius 1 is 1.16 bits per heavy atom. The molecule has 1 atom stereocenters. The molecule has 0 aromatic heterocycles. The summed E-state index contributed by atoms with van der Waals surface area (Å²) in [6.07, 6.45) is -4.27. The lowest BCUT2D eigenvalue weighted by Gasteiger charge is -2.29. The van der Waals surface area contributed by atoms with Gasteiger partial charge < -0.3 is 0 Å². The Labute approximate surface area is 108 Å². The van der Waals surface area contributed by atoms with Crippen LogP contribution < -0.4 is 0 Å². The molecule has 0 spiro atoms. The Morgan fingerprint density at radius 3 is 2.37 bits per heavy atom. The molecule has 0 saturated carbocycles. The first-order valence-electron chi connectivity index (χ1n) is 5.68. The number of allylic oxidation sites excluding steroid dienone is 2. The van der Waals surface area contributed by atoms with Crippen molar-refractivity contribution in [3.05, 3.63) is 41.0 Å². The zero-order valence-electron chi connectivity index (χ0n) is 9.83. The highest BCUT2D eigenvalue weighted by atomic mass is 19.4. The van der Waals surface area contributed by atoms with Gasteiger partial charge in [-0.1, -0.05) is 24.3 Å². The number of hydrogen-bond donors (Lipinski definition) is 0. The number of aryl methyl sites for hydroxylation is 1. The summed E-state index contributed by atoms with van der Waals surface area (Å²) >= 11 is 0. The quantitative estimate of drug-likeness (QED) is 0.670. The molecule has 1 aromatic rings. The summed E-state index contributed by atoms with van der Waals surface area (Å²) in [4.78, 5) is 0. The fraction of sp³-hybridized carbons (Fsp3) is 0.286. The van der Waals surface area contributed by atoms with Crippen LogP contribution in [-0.4, -0.2) is 6.18 Å². The monoisotopic (exact) mass is 262 g/mol. The number of nitrogens with zero attached hydrogens (tertiary/aromatic N) is 2. The highest BCUT2D eigenvalue weighted by molar-refractivity contribution is 5.80. The van der Waals surface area contributed by atoms with Crippen LogP contribution in [0.25, 0.3) is 5.57 Å². The third-order valence-corrected chi connectivity index (χ3v) is 3.25. The van der Waals surface area contributed by atoms with Gasteiger partial charge >= 0.3 is 6.18 Å². The van der Waals surface area contributed by atoms with E-state index >= 15 is 0 Å². The molecule has 0 heterocycles. The van der Waals surface area contributed by atoms with E-state index in [9.17, 15) is 13.2 Å². The van der Waals surface area contributed by atoms with Crippen LogP contribution in [0.5, 0.6) is 0 Å². The highest BCUT2D eigenvalue weighted by Crippen LogP contribution is 2.45. The predicted octanol–water partition coefficient (Wildman–Crippen LogP) is 3.61. The Balaban J connectivity index is 2.70. The van der Waals surface area contributed by atoms with Crippen molar-refractivity contribution < 1.29 is 13.2 Å². The van der Waals surface area contributed by atoms with Gasteiger partial charge in [0.25, 0.3) is 0 Å². The molecule has 1 aromatic carbocycles. The van der Waals surface area contributed by atoms with E-state index in [2.05, 4.69) is 0 Å². The van der Waals surface area contributed by atoms with Crippen molar-refractivity contribution in [3.8, 4) is 12.1 Å². The van der Waals surface area contributed by atoms with Gasteiger partial charge in [0.2, 0.25) is 0 Å². The minimum Gasteiger partial charge on any atom is -0.192 e. The molecule has 0 fully saturated rings. The maximum absolute atomic E-state index is 13.1. The summed E-state index contributed by atoms with van der Waals surface area (Å²) in [5.74, 6) is -1.74. The van der Waals surface area contributed by atoms with Crippen LogP contribution in [0.4, 0.5) is 13.2 Å². The molecule has 19 heavy (non-hydrogen) atoms. The molecular weight excluding hydrogens is 253 g/mol. The van der Waals surface area contributed by atoms with Gasteiger partial charge in [-0.25, -0.2) is 0 Å². The molecule has 0 radical (unpaired) electrons. The Hall–Kier alpha value is -2.27. The second kappa shape index (κ2) is 4.78. The topological polar surface area (TPSA) is 47.6 Å². The van der Waals surface area contributed by atoms with Crippen LogP contribution >= 0.6 is 0 Å². The molecule has 1 unspecified atom stereocenters. The molecule has 0 N–H and O–H groups in total. The lowest BCUT2D eigenvalue weighted by Crippen LogP contribution is -2.28. The third-order valence-electron chi connectivity index (χ3n) is 3.25. The standard InChI is InChI=1S/C14H9F3N2/c15-14(16,17)12-6-5-9-3-1-2-4-11(9)13(12)10(7-18)8-19/h1-4,12H,5-6H2. The van der Waals surface area contributed by atoms with Gasteiger partial charge in [0, 0.05) is 5.57 Å². The van der Waals surface area contributed by atoms with Gasteiger partial charge in [0.05, 0.1) is 5.92 Å². The Morgan fingerprint density at radius 2 is 1.79 bits per heavy atom. The normalized spacial score (nSPS) is 18.2. The number of hydrogen-bond acceptors (Lipinski definition) is 2. The van der Waals surface area contributed by atoms with Crippen molar-refractivity contribution in [1.82, 2.24) is 0 Å². The van der Waals surface area contributed by atoms with Crippen molar-refractivity contribution in [2.24, 2.45) is 5.92 Å². The first kappa shape index (κ1) is 13.2. The molecule has 0 bridgehead atoms. The molecule has 0 saturated heterocycles. The minimum absolute atomic E-state index is 0.122. The average molecular weight is 262 g/mol. The zero-order chi connectivity index (χ0) is 14.0. The summed E-state index contributed by atoms with van der Waals surface area (Å²) in [5, 5.41) is 17.8. The van der Waals surface area contributed by atoms with Gasteiger partial charge in [-0.2, -0.15) is 23.7 Å². The van der Waals surface area contributed by atoms with E-state index in [4.69, 9.17) is 10.5 Å². The molecule has 2 rings (SSSR count). The van der Waals surface area contributed by atoms with Crippen LogP contribution in [0, 0.1) is 28.6 Å². The van der Waals surface area contributed by atoms with Gasteiger partial charge in [-0.3, -0.25) is 0 Å². The van der Waals surface area contributed by atoms with Crippen molar-refractivity contribution in [1.29, 1.82) is 10.5 Å². The molecule has 2 nitrogen and oxygen atoms in total. The number of rotatable bonds is 0. The second-order valence-corrected chi connectivity index (χ2v) is 4.30. The number of halogens is 3. The van der Waals surface area contributed by atoms with Crippen LogP contribution in [0.15, 0.2) is 29.8 Å². The number of benzene rings is 1. The predicted molar refractivity (Wildman–Crippen MR) is 62.5 cm³/mol. The number of alkyl halides is 3. The fourth-order valence-electron chi connectivity index (χ4n) is 2.41. The van der Waals surface area contributed by atoms with Crippen LogP contribution in [-0.2, 0) is 6.42 Å². The molecule has 96 valence electrons. The second-order valence-electron chi connectivity index (χ2n) is 4.30. The molecule has 1 aliphatic carbocycles. The zero-order valence-corrected chi connectivity index (χ0v) is 9.83. The molecule has 0 amide bonds. The summed E-state index contributed by atoms with van der Waals surface area (Å²) < 4.78 is 39.2. The van der Waals surface area contributed by atoms with Crippen LogP contribution in [0.2, 0.25) is 0 Å². The summed E-state index contributed by atoms with van der Waals surface area (Å²) in [6, 6.07) is 9.79. The van der Waals surface area contributed by atoms with Crippen molar-refractivity contribution in [2.45, 2.75) is 19.0 Å². The fourth-order valence-corrected chi connectivity index (χ4v) is 2.41. The van der Waals surface area contributed by atoms with Gasteiger partial charge in [-0.05, 0) is 24.0 Å². The minimum atomic E-state index is -4.44. The smallest absolute Gasteiger partial charge is 0.192 e. The van der Waals surface area contributed by atoms with Crippen molar-refractivity contribution >= 4 is 5.57 Å². The Kier molecular flexibility index (Phi) is 3.31. The molecular formula is C14H9F3N2. The summed E-state index contributed by atoms with van der Waals surface area (Å²) in [5.41, 5.74) is 0.490. The average Bonchev–Trinajstić information content (AvgIpc) is 2.39. The molecule has 5 heteroatoms. The van der Waals surface area contributed by atoms with E-state index in [1.54, 1.807) is 30.3 Å². The number of fused-ring (bicyclic) bond motifs is 1. The first-order chi connectivity index (χ1) is 8.99. The maximum atomic E-state index is 13.1. The third kappa shape index (κ3) is 2.32. The maximum Gasteiger partial charge on any atom is 0.395 e. The largest absolute Gasteiger partial charge is 0.395 e. The van der Waals surface area contributed by atoms with Crippen LogP contribution in [0.3, 0.4) is 0 Å². The molecule has 1 aliphatic rings. The van der Waals surface area contributed by atoms with Crippen molar-refractivity contribution in [2.75, 3.05) is 0 Å². The first-order valence-corrected chi connectivity index (χ1v) is 5.68. The van der Waals surface area contributed by atoms with E-state index in [0.717, 1.165) is 5.56 Å². The van der Waals surface area contributed by atoms with E-state index in [1.807, 2.05) is 0 Å². The summed E-state index contributed by atoms with van der Waals surface area (Å²) in [7, 11) is 0. The lowest BCUT2D eigenvalue weighted by molar-refractivity contribution is -0.160. The number of nitriles is 2. The van der Waals surface area contributed by atoms with Gasteiger partial charge in [0.1, 0.15) is 17.7 Å². The van der Waals surface area contributed by atoms with E-state index < -0.39 is 17.7 Å². The summed E-state index contributed by atoms with van der Waals surface area (Å²) in [6.45, 7) is 0. The lowest BCUT2D eigenvalue weighted by atomic mass is 9.77. The van der Waals surface area contributed by atoms with Gasteiger partial charge in [-0.15, -0.1) is 0 Å². The van der Waals surface area contributed by atoms with Crippen molar-refractivity contribution in [3.63, 3.8) is 0 Å².